The number of rotatable bonds is 8. The lowest BCUT2D eigenvalue weighted by Crippen LogP contribution is -2.19. The largest absolute Gasteiger partial charge is 0.330 e. The zero-order valence-electron chi connectivity index (χ0n) is 12.1. The van der Waals surface area contributed by atoms with Crippen LogP contribution >= 0.6 is 11.8 Å². The Morgan fingerprint density at radius 2 is 2.11 bits per heavy atom. The second kappa shape index (κ2) is 7.85. The average Bonchev–Trinajstić information content (AvgIpc) is 2.77. The van der Waals surface area contributed by atoms with Gasteiger partial charge in [-0.1, -0.05) is 20.8 Å². The molecule has 1 aromatic heterocycles. The van der Waals surface area contributed by atoms with Gasteiger partial charge in [-0.3, -0.25) is 0 Å². The normalized spacial score (nSPS) is 15.0. The molecule has 104 valence electrons. The fourth-order valence-electron chi connectivity index (χ4n) is 2.14. The van der Waals surface area contributed by atoms with Crippen molar-refractivity contribution in [1.29, 1.82) is 0 Å². The van der Waals surface area contributed by atoms with E-state index in [2.05, 4.69) is 37.2 Å². The molecule has 1 rings (SSSR count). The molecule has 1 aromatic rings. The number of imidazole rings is 1. The van der Waals surface area contributed by atoms with Crippen molar-refractivity contribution in [3.8, 4) is 0 Å². The fourth-order valence-corrected chi connectivity index (χ4v) is 2.93. The molecule has 2 unspecified atom stereocenters. The Morgan fingerprint density at radius 3 is 2.72 bits per heavy atom. The Labute approximate surface area is 116 Å². The topological polar surface area (TPSA) is 43.8 Å². The number of nitrogens with zero attached hydrogens (tertiary/aromatic N) is 2. The highest BCUT2D eigenvalue weighted by Crippen LogP contribution is 2.23. The van der Waals surface area contributed by atoms with Gasteiger partial charge in [0.25, 0.3) is 0 Å². The van der Waals surface area contributed by atoms with Crippen LogP contribution in [0.2, 0.25) is 0 Å². The van der Waals surface area contributed by atoms with Gasteiger partial charge in [-0.25, -0.2) is 4.98 Å². The molecular weight excluding hydrogens is 242 g/mol. The van der Waals surface area contributed by atoms with E-state index in [0.717, 1.165) is 6.42 Å². The maximum Gasteiger partial charge on any atom is 0.0951 e. The predicted octanol–water partition coefficient (Wildman–Crippen LogP) is 3.63. The van der Waals surface area contributed by atoms with Gasteiger partial charge in [0.15, 0.2) is 0 Å². The van der Waals surface area contributed by atoms with Gasteiger partial charge in [0.2, 0.25) is 0 Å². The molecule has 0 amide bonds. The zero-order chi connectivity index (χ0) is 13.5. The quantitative estimate of drug-likeness (QED) is 0.733. The first-order valence-corrected chi connectivity index (χ1v) is 8.06. The van der Waals surface area contributed by atoms with Crippen molar-refractivity contribution >= 4 is 11.8 Å². The van der Waals surface area contributed by atoms with E-state index in [1.54, 1.807) is 0 Å². The fraction of sp³-hybridized carbons (Fsp3) is 0.786. The third-order valence-electron chi connectivity index (χ3n) is 3.16. The maximum atomic E-state index is 6.27. The maximum absolute atomic E-state index is 6.27. The van der Waals surface area contributed by atoms with Crippen molar-refractivity contribution in [3.63, 3.8) is 0 Å². The van der Waals surface area contributed by atoms with Crippen LogP contribution in [-0.2, 0) is 0 Å². The molecule has 2 N–H and O–H groups in total. The van der Waals surface area contributed by atoms with Gasteiger partial charge in [-0.15, -0.1) is 0 Å². The monoisotopic (exact) mass is 269 g/mol. The Kier molecular flexibility index (Phi) is 6.79. The Morgan fingerprint density at radius 1 is 1.39 bits per heavy atom. The molecule has 0 bridgehead atoms. The summed E-state index contributed by atoms with van der Waals surface area (Å²) in [5.41, 5.74) is 7.45. The molecule has 3 nitrogen and oxygen atoms in total. The first-order valence-electron chi connectivity index (χ1n) is 6.91. The summed E-state index contributed by atoms with van der Waals surface area (Å²) in [6.45, 7) is 8.88. The van der Waals surface area contributed by atoms with E-state index < -0.39 is 0 Å². The van der Waals surface area contributed by atoms with Gasteiger partial charge < -0.3 is 10.3 Å². The lowest BCUT2D eigenvalue weighted by molar-refractivity contribution is 0.452. The summed E-state index contributed by atoms with van der Waals surface area (Å²) in [5, 5.41) is 0. The van der Waals surface area contributed by atoms with E-state index in [4.69, 9.17) is 5.73 Å². The van der Waals surface area contributed by atoms with Crippen LogP contribution in [0.1, 0.15) is 58.3 Å². The van der Waals surface area contributed by atoms with Crippen molar-refractivity contribution in [2.45, 2.75) is 52.6 Å². The lowest BCUT2D eigenvalue weighted by Gasteiger charge is -2.21. The van der Waals surface area contributed by atoms with E-state index in [9.17, 15) is 0 Å². The van der Waals surface area contributed by atoms with Crippen LogP contribution in [0.25, 0.3) is 0 Å². The highest BCUT2D eigenvalue weighted by Gasteiger charge is 2.16. The van der Waals surface area contributed by atoms with Crippen LogP contribution in [0.15, 0.2) is 12.5 Å². The summed E-state index contributed by atoms with van der Waals surface area (Å²) < 4.78 is 2.25. The molecule has 4 heteroatoms. The van der Waals surface area contributed by atoms with E-state index in [1.807, 2.05) is 24.3 Å². The molecule has 0 aliphatic rings. The van der Waals surface area contributed by atoms with E-state index in [0.29, 0.717) is 12.0 Å². The van der Waals surface area contributed by atoms with Crippen molar-refractivity contribution in [3.05, 3.63) is 18.2 Å². The molecule has 0 aromatic carbocycles. The smallest absolute Gasteiger partial charge is 0.0951 e. The minimum Gasteiger partial charge on any atom is -0.330 e. The molecule has 1 heterocycles. The summed E-state index contributed by atoms with van der Waals surface area (Å²) in [4.78, 5) is 4.28. The lowest BCUT2D eigenvalue weighted by atomic mass is 10.0. The van der Waals surface area contributed by atoms with Crippen molar-refractivity contribution in [2.75, 3.05) is 11.5 Å². The van der Waals surface area contributed by atoms with Crippen LogP contribution < -0.4 is 5.73 Å². The number of thioether (sulfide) groups is 1. The van der Waals surface area contributed by atoms with Crippen LogP contribution in [0.4, 0.5) is 0 Å². The highest BCUT2D eigenvalue weighted by atomic mass is 32.2. The van der Waals surface area contributed by atoms with E-state index in [-0.39, 0.29) is 6.04 Å². The minimum absolute atomic E-state index is 0.105. The SMILES string of the molecule is CCSCCC(C)n1cncc1C(N)CC(C)C. The third kappa shape index (κ3) is 4.65. The average molecular weight is 269 g/mol. The van der Waals surface area contributed by atoms with Crippen molar-refractivity contribution in [2.24, 2.45) is 11.7 Å². The third-order valence-corrected chi connectivity index (χ3v) is 4.09. The summed E-state index contributed by atoms with van der Waals surface area (Å²) in [7, 11) is 0. The van der Waals surface area contributed by atoms with Gasteiger partial charge in [-0.2, -0.15) is 11.8 Å². The van der Waals surface area contributed by atoms with Crippen molar-refractivity contribution < 1.29 is 0 Å². The predicted molar refractivity (Wildman–Crippen MR) is 80.9 cm³/mol. The van der Waals surface area contributed by atoms with Crippen molar-refractivity contribution in [1.82, 2.24) is 9.55 Å². The summed E-state index contributed by atoms with van der Waals surface area (Å²) in [6.07, 6.45) is 6.05. The summed E-state index contributed by atoms with van der Waals surface area (Å²) in [6, 6.07) is 0.591. The number of aromatic nitrogens is 2. The number of hydrogen-bond acceptors (Lipinski definition) is 3. The van der Waals surface area contributed by atoms with Crippen LogP contribution in [0, 0.1) is 5.92 Å². The second-order valence-electron chi connectivity index (χ2n) is 5.30. The Hall–Kier alpha value is -0.480. The van der Waals surface area contributed by atoms with Gasteiger partial charge in [0.1, 0.15) is 0 Å². The summed E-state index contributed by atoms with van der Waals surface area (Å²) in [5.74, 6) is 3.01. The van der Waals surface area contributed by atoms with Crippen LogP contribution in [0.5, 0.6) is 0 Å². The Bertz CT molecular complexity index is 336. The number of nitrogens with two attached hydrogens (primary N) is 1. The molecule has 0 saturated carbocycles. The van der Waals surface area contributed by atoms with Crippen LogP contribution in [-0.4, -0.2) is 21.1 Å². The molecular formula is C14H27N3S. The molecule has 2 atom stereocenters. The first kappa shape index (κ1) is 15.6. The molecule has 0 aliphatic carbocycles. The zero-order valence-corrected chi connectivity index (χ0v) is 12.9. The molecule has 0 fully saturated rings. The molecule has 0 spiro atoms. The van der Waals surface area contributed by atoms with E-state index in [1.165, 1.54) is 23.6 Å². The van der Waals surface area contributed by atoms with E-state index >= 15 is 0 Å². The first-order chi connectivity index (χ1) is 8.56. The van der Waals surface area contributed by atoms with Gasteiger partial charge in [-0.05, 0) is 37.2 Å². The molecule has 18 heavy (non-hydrogen) atoms. The molecule has 0 radical (unpaired) electrons. The number of hydrogen-bond donors (Lipinski definition) is 1. The Balaban J connectivity index is 2.63. The second-order valence-corrected chi connectivity index (χ2v) is 6.69. The molecule has 0 saturated heterocycles. The minimum atomic E-state index is 0.105. The van der Waals surface area contributed by atoms with Gasteiger partial charge in [0, 0.05) is 18.3 Å². The van der Waals surface area contributed by atoms with Gasteiger partial charge >= 0.3 is 0 Å². The standard InChI is InChI=1S/C14H27N3S/c1-5-18-7-6-12(4)17-10-16-9-14(17)13(15)8-11(2)3/h9-13H,5-8,15H2,1-4H3. The van der Waals surface area contributed by atoms with Crippen LogP contribution in [0.3, 0.4) is 0 Å². The summed E-state index contributed by atoms with van der Waals surface area (Å²) >= 11 is 1.99. The van der Waals surface area contributed by atoms with Gasteiger partial charge in [0.05, 0.1) is 12.0 Å². The highest BCUT2D eigenvalue weighted by molar-refractivity contribution is 7.99. The molecule has 0 aliphatic heterocycles.